The van der Waals surface area contributed by atoms with Crippen molar-refractivity contribution < 1.29 is 32.2 Å². The Kier molecular flexibility index (Phi) is 7.73. The van der Waals surface area contributed by atoms with Crippen molar-refractivity contribution in [1.29, 1.82) is 0 Å². The van der Waals surface area contributed by atoms with Gasteiger partial charge in [-0.05, 0) is 49.4 Å². The Labute approximate surface area is 191 Å². The average molecular weight is 483 g/mol. The van der Waals surface area contributed by atoms with Gasteiger partial charge in [-0.15, -0.1) is 0 Å². The quantitative estimate of drug-likeness (QED) is 0.603. The molecule has 2 aromatic rings. The Morgan fingerprint density at radius 3 is 2.41 bits per heavy atom. The largest absolute Gasteiger partial charge is 0.497 e. The molecule has 32 heavy (non-hydrogen) atoms. The fourth-order valence-corrected chi connectivity index (χ4v) is 4.58. The smallest absolute Gasteiger partial charge is 0.340 e. The van der Waals surface area contributed by atoms with Crippen LogP contribution in [-0.4, -0.2) is 64.1 Å². The molecule has 0 radical (unpaired) electrons. The Hall–Kier alpha value is -2.66. The first-order valence-corrected chi connectivity index (χ1v) is 11.6. The summed E-state index contributed by atoms with van der Waals surface area (Å²) in [5.41, 5.74) is 0.348. The molecule has 1 fully saturated rings. The van der Waals surface area contributed by atoms with Crippen molar-refractivity contribution in [1.82, 2.24) is 4.31 Å². The van der Waals surface area contributed by atoms with E-state index in [4.69, 9.17) is 25.8 Å². The predicted molar refractivity (Wildman–Crippen MR) is 118 cm³/mol. The molecule has 1 saturated heterocycles. The van der Waals surface area contributed by atoms with E-state index < -0.39 is 28.0 Å². The van der Waals surface area contributed by atoms with E-state index in [1.54, 1.807) is 24.3 Å². The number of methoxy groups -OCH3 is 1. The molecular formula is C21H23ClN2O7S. The molecule has 172 valence electrons. The molecule has 1 heterocycles. The maximum Gasteiger partial charge on any atom is 0.340 e. The third kappa shape index (κ3) is 5.57. The minimum absolute atomic E-state index is 0.0127. The second-order valence-electron chi connectivity index (χ2n) is 6.92. The van der Waals surface area contributed by atoms with Crippen LogP contribution >= 0.6 is 11.6 Å². The number of hydrogen-bond acceptors (Lipinski definition) is 7. The van der Waals surface area contributed by atoms with Crippen LogP contribution in [0.25, 0.3) is 0 Å². The summed E-state index contributed by atoms with van der Waals surface area (Å²) in [6.45, 7) is 2.42. The van der Waals surface area contributed by atoms with E-state index in [2.05, 4.69) is 5.32 Å². The van der Waals surface area contributed by atoms with Gasteiger partial charge in [-0.1, -0.05) is 11.6 Å². The van der Waals surface area contributed by atoms with Gasteiger partial charge in [0.25, 0.3) is 5.91 Å². The van der Waals surface area contributed by atoms with Gasteiger partial charge in [0.05, 0.1) is 35.8 Å². The number of rotatable bonds is 7. The van der Waals surface area contributed by atoms with E-state index in [1.807, 2.05) is 0 Å². The van der Waals surface area contributed by atoms with Gasteiger partial charge in [-0.2, -0.15) is 4.31 Å². The number of amides is 1. The summed E-state index contributed by atoms with van der Waals surface area (Å²) in [4.78, 5) is 24.9. The molecule has 11 heteroatoms. The van der Waals surface area contributed by atoms with E-state index in [9.17, 15) is 18.0 Å². The molecule has 0 spiro atoms. The van der Waals surface area contributed by atoms with Crippen LogP contribution in [0.1, 0.15) is 17.3 Å². The van der Waals surface area contributed by atoms with Crippen molar-refractivity contribution in [2.45, 2.75) is 17.9 Å². The fourth-order valence-electron chi connectivity index (χ4n) is 2.95. The van der Waals surface area contributed by atoms with Crippen LogP contribution in [0, 0.1) is 0 Å². The van der Waals surface area contributed by atoms with Crippen molar-refractivity contribution in [3.63, 3.8) is 0 Å². The minimum Gasteiger partial charge on any atom is -0.497 e. The number of halogens is 1. The number of esters is 1. The Morgan fingerprint density at radius 1 is 1.12 bits per heavy atom. The lowest BCUT2D eigenvalue weighted by Crippen LogP contribution is -2.40. The van der Waals surface area contributed by atoms with E-state index >= 15 is 0 Å². The number of carbonyl (C=O) groups excluding carboxylic acids is 2. The molecule has 1 N–H and O–H groups in total. The first-order chi connectivity index (χ1) is 15.2. The van der Waals surface area contributed by atoms with Crippen LogP contribution in [0.4, 0.5) is 5.69 Å². The zero-order valence-corrected chi connectivity index (χ0v) is 19.1. The summed E-state index contributed by atoms with van der Waals surface area (Å²) in [5.74, 6) is -0.841. The van der Waals surface area contributed by atoms with Crippen molar-refractivity contribution in [2.24, 2.45) is 0 Å². The topological polar surface area (TPSA) is 111 Å². The Bertz CT molecular complexity index is 1080. The van der Waals surface area contributed by atoms with Gasteiger partial charge in [0.1, 0.15) is 5.75 Å². The zero-order valence-electron chi connectivity index (χ0n) is 17.5. The van der Waals surface area contributed by atoms with E-state index in [1.165, 1.54) is 30.5 Å². The molecular weight excluding hydrogens is 460 g/mol. The van der Waals surface area contributed by atoms with Crippen LogP contribution in [0.15, 0.2) is 47.4 Å². The SMILES string of the molecule is COc1ccc(NC(=O)C(C)OC(=O)c2cc(S(=O)(=O)N3CCOCC3)ccc2Cl)cc1. The number of sulfonamides is 1. The summed E-state index contributed by atoms with van der Waals surface area (Å²) in [7, 11) is -2.30. The van der Waals surface area contributed by atoms with Gasteiger partial charge in [0.15, 0.2) is 6.10 Å². The van der Waals surface area contributed by atoms with Crippen molar-refractivity contribution in [2.75, 3.05) is 38.7 Å². The first-order valence-electron chi connectivity index (χ1n) is 9.75. The average Bonchev–Trinajstić information content (AvgIpc) is 2.80. The molecule has 9 nitrogen and oxygen atoms in total. The number of morpholine rings is 1. The van der Waals surface area contributed by atoms with E-state index in [0.717, 1.165) is 6.07 Å². The molecule has 1 aliphatic heterocycles. The minimum atomic E-state index is -3.83. The molecule has 1 unspecified atom stereocenters. The zero-order chi connectivity index (χ0) is 23.3. The maximum atomic E-state index is 12.9. The predicted octanol–water partition coefficient (Wildman–Crippen LogP) is 2.55. The van der Waals surface area contributed by atoms with Gasteiger partial charge < -0.3 is 19.5 Å². The molecule has 0 saturated carbocycles. The van der Waals surface area contributed by atoms with E-state index in [-0.39, 0.29) is 28.6 Å². The number of anilines is 1. The van der Waals surface area contributed by atoms with E-state index in [0.29, 0.717) is 24.7 Å². The molecule has 0 aliphatic carbocycles. The first kappa shape index (κ1) is 24.0. The van der Waals surface area contributed by atoms with Crippen LogP contribution < -0.4 is 10.1 Å². The number of hydrogen-bond donors (Lipinski definition) is 1. The second kappa shape index (κ2) is 10.3. The highest BCUT2D eigenvalue weighted by Gasteiger charge is 2.28. The summed E-state index contributed by atoms with van der Waals surface area (Å²) in [6.07, 6.45) is -1.15. The number of carbonyl (C=O) groups is 2. The highest BCUT2D eigenvalue weighted by molar-refractivity contribution is 7.89. The number of ether oxygens (including phenoxy) is 3. The third-order valence-corrected chi connectivity index (χ3v) is 7.00. The van der Waals surface area contributed by atoms with Gasteiger partial charge in [-0.3, -0.25) is 4.79 Å². The van der Waals surface area contributed by atoms with Gasteiger partial charge in [0.2, 0.25) is 10.0 Å². The lowest BCUT2D eigenvalue weighted by Gasteiger charge is -2.26. The van der Waals surface area contributed by atoms with Crippen LogP contribution in [-0.2, 0) is 24.3 Å². The Balaban J connectivity index is 1.71. The van der Waals surface area contributed by atoms with Crippen LogP contribution in [0.5, 0.6) is 5.75 Å². The Morgan fingerprint density at radius 2 is 1.78 bits per heavy atom. The molecule has 0 aromatic heterocycles. The molecule has 1 atom stereocenters. The van der Waals surface area contributed by atoms with Crippen molar-refractivity contribution in [3.8, 4) is 5.75 Å². The summed E-state index contributed by atoms with van der Waals surface area (Å²) < 4.78 is 42.5. The summed E-state index contributed by atoms with van der Waals surface area (Å²) in [5, 5.41) is 2.64. The third-order valence-electron chi connectivity index (χ3n) is 4.78. The summed E-state index contributed by atoms with van der Waals surface area (Å²) >= 11 is 6.11. The maximum absolute atomic E-state index is 12.9. The highest BCUT2D eigenvalue weighted by atomic mass is 35.5. The highest BCUT2D eigenvalue weighted by Crippen LogP contribution is 2.25. The molecule has 2 aromatic carbocycles. The van der Waals surface area contributed by atoms with Crippen molar-refractivity contribution >= 4 is 39.2 Å². The van der Waals surface area contributed by atoms with Gasteiger partial charge in [0, 0.05) is 18.8 Å². The van der Waals surface area contributed by atoms with Crippen LogP contribution in [0.3, 0.4) is 0 Å². The monoisotopic (exact) mass is 482 g/mol. The molecule has 3 rings (SSSR count). The fraction of sp³-hybridized carbons (Fsp3) is 0.333. The molecule has 1 amide bonds. The standard InChI is InChI=1S/C21H23ClN2O7S/c1-14(20(25)23-15-3-5-16(29-2)6-4-15)31-21(26)18-13-17(7-8-19(18)22)32(27,28)24-9-11-30-12-10-24/h3-8,13-14H,9-12H2,1-2H3,(H,23,25). The lowest BCUT2D eigenvalue weighted by molar-refractivity contribution is -0.123. The number of benzene rings is 2. The second-order valence-corrected chi connectivity index (χ2v) is 9.27. The van der Waals surface area contributed by atoms with Crippen molar-refractivity contribution in [3.05, 3.63) is 53.1 Å². The van der Waals surface area contributed by atoms with Gasteiger partial charge >= 0.3 is 5.97 Å². The van der Waals surface area contributed by atoms with Gasteiger partial charge in [-0.25, -0.2) is 13.2 Å². The number of nitrogens with one attached hydrogen (secondary N) is 1. The summed E-state index contributed by atoms with van der Waals surface area (Å²) in [6, 6.07) is 10.4. The number of nitrogens with zero attached hydrogens (tertiary/aromatic N) is 1. The molecule has 1 aliphatic rings. The molecule has 0 bridgehead atoms. The van der Waals surface area contributed by atoms with Crippen LogP contribution in [0.2, 0.25) is 5.02 Å². The lowest BCUT2D eigenvalue weighted by atomic mass is 10.2. The normalized spacial score (nSPS) is 15.6.